The first-order valence-corrected chi connectivity index (χ1v) is 5.81. The summed E-state index contributed by atoms with van der Waals surface area (Å²) in [6.07, 6.45) is 2.48. The SMILES string of the molecule is CC1CCCN(c2c(F)cc(C=O)cc2F)C1. The van der Waals surface area contributed by atoms with Crippen molar-refractivity contribution in [2.45, 2.75) is 19.8 Å². The van der Waals surface area contributed by atoms with Crippen molar-refractivity contribution in [3.05, 3.63) is 29.3 Å². The lowest BCUT2D eigenvalue weighted by atomic mass is 9.99. The molecule has 1 unspecified atom stereocenters. The summed E-state index contributed by atoms with van der Waals surface area (Å²) in [4.78, 5) is 12.2. The van der Waals surface area contributed by atoms with E-state index in [2.05, 4.69) is 6.92 Å². The molecule has 1 fully saturated rings. The summed E-state index contributed by atoms with van der Waals surface area (Å²) in [5, 5.41) is 0. The van der Waals surface area contributed by atoms with Crippen LogP contribution in [-0.2, 0) is 0 Å². The molecule has 2 rings (SSSR count). The highest BCUT2D eigenvalue weighted by Crippen LogP contribution is 2.28. The quantitative estimate of drug-likeness (QED) is 0.739. The third-order valence-corrected chi connectivity index (χ3v) is 3.15. The average Bonchev–Trinajstić information content (AvgIpc) is 2.28. The van der Waals surface area contributed by atoms with Gasteiger partial charge < -0.3 is 4.90 Å². The third-order valence-electron chi connectivity index (χ3n) is 3.15. The minimum Gasteiger partial charge on any atom is -0.367 e. The first-order chi connectivity index (χ1) is 8.11. The molecule has 2 nitrogen and oxygen atoms in total. The zero-order chi connectivity index (χ0) is 12.4. The van der Waals surface area contributed by atoms with E-state index < -0.39 is 11.6 Å². The summed E-state index contributed by atoms with van der Waals surface area (Å²) in [6, 6.07) is 2.18. The van der Waals surface area contributed by atoms with Gasteiger partial charge in [0.05, 0.1) is 0 Å². The molecular formula is C13H15F2NO. The van der Waals surface area contributed by atoms with Crippen molar-refractivity contribution in [2.75, 3.05) is 18.0 Å². The molecule has 0 radical (unpaired) electrons. The van der Waals surface area contributed by atoms with Crippen molar-refractivity contribution in [1.29, 1.82) is 0 Å². The summed E-state index contributed by atoms with van der Waals surface area (Å²) in [5.41, 5.74) is 0.0379. The predicted octanol–water partition coefficient (Wildman–Crippen LogP) is 3.01. The second-order valence-corrected chi connectivity index (χ2v) is 4.64. The Hall–Kier alpha value is -1.45. The third kappa shape index (κ3) is 2.46. The van der Waals surface area contributed by atoms with Crippen molar-refractivity contribution in [3.8, 4) is 0 Å². The van der Waals surface area contributed by atoms with Gasteiger partial charge in [0, 0.05) is 18.7 Å². The number of hydrogen-bond acceptors (Lipinski definition) is 2. The summed E-state index contributed by atoms with van der Waals surface area (Å²) in [6.45, 7) is 3.40. The van der Waals surface area contributed by atoms with Crippen LogP contribution in [0.2, 0.25) is 0 Å². The lowest BCUT2D eigenvalue weighted by Gasteiger charge is -2.33. The molecule has 0 bridgehead atoms. The largest absolute Gasteiger partial charge is 0.367 e. The van der Waals surface area contributed by atoms with Gasteiger partial charge in [0.1, 0.15) is 23.6 Å². The molecule has 17 heavy (non-hydrogen) atoms. The fourth-order valence-electron chi connectivity index (χ4n) is 2.35. The van der Waals surface area contributed by atoms with Crippen LogP contribution >= 0.6 is 0 Å². The smallest absolute Gasteiger partial charge is 0.150 e. The molecule has 0 saturated carbocycles. The standard InChI is InChI=1S/C13H15F2NO/c1-9-3-2-4-16(7-9)13-11(14)5-10(8-17)6-12(13)15/h5-6,8-9H,2-4,7H2,1H3. The van der Waals surface area contributed by atoms with E-state index in [1.165, 1.54) is 0 Å². The van der Waals surface area contributed by atoms with Crippen molar-refractivity contribution < 1.29 is 13.6 Å². The highest BCUT2D eigenvalue weighted by Gasteiger charge is 2.22. The van der Waals surface area contributed by atoms with Crippen LogP contribution in [0.15, 0.2) is 12.1 Å². The number of anilines is 1. The molecule has 0 aliphatic carbocycles. The van der Waals surface area contributed by atoms with E-state index in [4.69, 9.17) is 0 Å². The molecule has 0 N–H and O–H groups in total. The lowest BCUT2D eigenvalue weighted by Crippen LogP contribution is -2.35. The Kier molecular flexibility index (Phi) is 3.41. The van der Waals surface area contributed by atoms with E-state index in [1.54, 1.807) is 4.90 Å². The Morgan fingerprint density at radius 2 is 2.00 bits per heavy atom. The summed E-state index contributed by atoms with van der Waals surface area (Å²) < 4.78 is 27.5. The molecule has 4 heteroatoms. The maximum absolute atomic E-state index is 13.8. The fourth-order valence-corrected chi connectivity index (χ4v) is 2.35. The first-order valence-electron chi connectivity index (χ1n) is 5.81. The number of hydrogen-bond donors (Lipinski definition) is 0. The van der Waals surface area contributed by atoms with Gasteiger partial charge >= 0.3 is 0 Å². The van der Waals surface area contributed by atoms with Gasteiger partial charge in [0.2, 0.25) is 0 Å². The number of benzene rings is 1. The fraction of sp³-hybridized carbons (Fsp3) is 0.462. The molecule has 0 amide bonds. The monoisotopic (exact) mass is 239 g/mol. The van der Waals surface area contributed by atoms with Crippen LogP contribution < -0.4 is 4.90 Å². The van der Waals surface area contributed by atoms with Gasteiger partial charge in [-0.2, -0.15) is 0 Å². The molecule has 92 valence electrons. The summed E-state index contributed by atoms with van der Waals surface area (Å²) >= 11 is 0. The number of piperidine rings is 1. The first kappa shape index (κ1) is 12.0. The van der Waals surface area contributed by atoms with E-state index in [-0.39, 0.29) is 11.3 Å². The van der Waals surface area contributed by atoms with E-state index in [1.807, 2.05) is 0 Å². The van der Waals surface area contributed by atoms with Gasteiger partial charge in [-0.05, 0) is 30.9 Å². The van der Waals surface area contributed by atoms with Gasteiger partial charge in [-0.15, -0.1) is 0 Å². The normalized spacial score (nSPS) is 20.4. The molecule has 1 atom stereocenters. The van der Waals surface area contributed by atoms with Crippen LogP contribution in [0.25, 0.3) is 0 Å². The van der Waals surface area contributed by atoms with Gasteiger partial charge in [-0.1, -0.05) is 6.92 Å². The maximum Gasteiger partial charge on any atom is 0.150 e. The van der Waals surface area contributed by atoms with Crippen LogP contribution in [0.1, 0.15) is 30.1 Å². The van der Waals surface area contributed by atoms with E-state index >= 15 is 0 Å². The highest BCUT2D eigenvalue weighted by molar-refractivity contribution is 5.76. The topological polar surface area (TPSA) is 20.3 Å². The molecule has 1 heterocycles. The summed E-state index contributed by atoms with van der Waals surface area (Å²) in [5.74, 6) is -0.865. The van der Waals surface area contributed by atoms with Crippen LogP contribution in [-0.4, -0.2) is 19.4 Å². The van der Waals surface area contributed by atoms with Crippen molar-refractivity contribution in [2.24, 2.45) is 5.92 Å². The lowest BCUT2D eigenvalue weighted by molar-refractivity contribution is 0.112. The minimum atomic E-state index is -0.652. The van der Waals surface area contributed by atoms with Crippen molar-refractivity contribution in [1.82, 2.24) is 0 Å². The number of nitrogens with zero attached hydrogens (tertiary/aromatic N) is 1. The van der Waals surface area contributed by atoms with Gasteiger partial charge in [-0.3, -0.25) is 4.79 Å². The molecule has 1 aromatic carbocycles. The molecular weight excluding hydrogens is 224 g/mol. The zero-order valence-corrected chi connectivity index (χ0v) is 9.75. The number of halogens is 2. The Labute approximate surface area is 99.2 Å². The van der Waals surface area contributed by atoms with Gasteiger partial charge in [0.15, 0.2) is 0 Å². The van der Waals surface area contributed by atoms with Crippen LogP contribution in [0.4, 0.5) is 14.5 Å². The molecule has 1 aliphatic heterocycles. The van der Waals surface area contributed by atoms with Gasteiger partial charge in [-0.25, -0.2) is 8.78 Å². The Morgan fingerprint density at radius 1 is 1.35 bits per heavy atom. The number of rotatable bonds is 2. The zero-order valence-electron chi connectivity index (χ0n) is 9.75. The average molecular weight is 239 g/mol. The molecule has 1 saturated heterocycles. The Bertz CT molecular complexity index is 410. The molecule has 0 spiro atoms. The Balaban J connectivity index is 2.34. The molecule has 1 aromatic rings. The summed E-state index contributed by atoms with van der Waals surface area (Å²) in [7, 11) is 0. The predicted molar refractivity (Wildman–Crippen MR) is 62.4 cm³/mol. The molecule has 1 aliphatic rings. The molecule has 0 aromatic heterocycles. The number of carbonyl (C=O) groups is 1. The van der Waals surface area contributed by atoms with Gasteiger partial charge in [0.25, 0.3) is 0 Å². The van der Waals surface area contributed by atoms with Crippen molar-refractivity contribution in [3.63, 3.8) is 0 Å². The number of aldehydes is 1. The van der Waals surface area contributed by atoms with Crippen LogP contribution in [0, 0.1) is 17.6 Å². The van der Waals surface area contributed by atoms with Crippen molar-refractivity contribution >= 4 is 12.0 Å². The van der Waals surface area contributed by atoms with E-state index in [0.717, 1.165) is 25.0 Å². The second kappa shape index (κ2) is 4.82. The number of carbonyl (C=O) groups excluding carboxylic acids is 1. The van der Waals surface area contributed by atoms with E-state index in [9.17, 15) is 13.6 Å². The Morgan fingerprint density at radius 3 is 2.53 bits per heavy atom. The second-order valence-electron chi connectivity index (χ2n) is 4.64. The maximum atomic E-state index is 13.8. The van der Waals surface area contributed by atoms with Crippen LogP contribution in [0.5, 0.6) is 0 Å². The highest BCUT2D eigenvalue weighted by atomic mass is 19.1. The minimum absolute atomic E-state index is 0.00199. The van der Waals surface area contributed by atoms with Crippen LogP contribution in [0.3, 0.4) is 0 Å². The van der Waals surface area contributed by atoms with E-state index in [0.29, 0.717) is 25.3 Å².